The summed E-state index contributed by atoms with van der Waals surface area (Å²) in [4.78, 5) is 7.21. The molecule has 0 bridgehead atoms. The predicted octanol–water partition coefficient (Wildman–Crippen LogP) is 1.02. The molecular weight excluding hydrogens is 269 g/mol. The van der Waals surface area contributed by atoms with Gasteiger partial charge in [0.1, 0.15) is 0 Å². The first kappa shape index (κ1) is 9.57. The quantitative estimate of drug-likeness (QED) is 0.702. The second-order valence-electron chi connectivity index (χ2n) is 3.33. The van der Waals surface area contributed by atoms with Gasteiger partial charge in [0.05, 0.1) is 0 Å². The van der Waals surface area contributed by atoms with Gasteiger partial charge in [0.25, 0.3) is 0 Å². The van der Waals surface area contributed by atoms with Gasteiger partial charge in [-0.25, -0.2) is 0 Å². The van der Waals surface area contributed by atoms with Gasteiger partial charge in [-0.2, -0.15) is 0 Å². The Morgan fingerprint density at radius 3 is 3.19 bits per heavy atom. The first-order valence-electron chi connectivity index (χ1n) is 4.87. The molecule has 0 atom stereocenters. The molecule has 0 amide bonds. The van der Waals surface area contributed by atoms with Crippen molar-refractivity contribution in [3.8, 4) is 0 Å². The third-order valence-electron chi connectivity index (χ3n) is 2.29. The fraction of sp³-hybridized carbons (Fsp3) is 0.100. The van der Waals surface area contributed by atoms with Crippen molar-refractivity contribution in [2.45, 2.75) is 6.54 Å². The van der Waals surface area contributed by atoms with Crippen molar-refractivity contribution in [2.24, 2.45) is 0 Å². The Morgan fingerprint density at radius 2 is 2.31 bits per heavy atom. The molecule has 5 nitrogen and oxygen atoms in total. The Morgan fingerprint density at radius 1 is 1.31 bits per heavy atom. The van der Waals surface area contributed by atoms with Gasteiger partial charge in [-0.05, 0) is 0 Å². The van der Waals surface area contributed by atoms with Crippen LogP contribution in [0.25, 0.3) is 11.0 Å². The van der Waals surface area contributed by atoms with Crippen molar-refractivity contribution in [1.29, 1.82) is 0 Å². The number of rotatable bonds is 3. The van der Waals surface area contributed by atoms with E-state index in [4.69, 9.17) is 0 Å². The topological polar surface area (TPSA) is 66.5 Å². The summed E-state index contributed by atoms with van der Waals surface area (Å²) in [6.45, 7) is 0.673. The summed E-state index contributed by atoms with van der Waals surface area (Å²) in [7, 11) is 0. The van der Waals surface area contributed by atoms with E-state index in [1.165, 1.54) is 0 Å². The molecule has 0 aliphatic heterocycles. The van der Waals surface area contributed by atoms with Gasteiger partial charge >= 0.3 is 97.9 Å². The van der Waals surface area contributed by atoms with Crippen molar-refractivity contribution in [3.63, 3.8) is 0 Å². The third-order valence-corrected chi connectivity index (χ3v) is 3.43. The molecule has 0 fully saturated rings. The Hall–Kier alpha value is -1.65. The molecule has 0 unspecified atom stereocenters. The second kappa shape index (κ2) is 4.08. The number of H-pyrrole nitrogens is 1. The van der Waals surface area contributed by atoms with E-state index in [1.54, 1.807) is 6.20 Å². The molecule has 0 saturated carbocycles. The van der Waals surface area contributed by atoms with E-state index in [0.29, 0.717) is 6.54 Å². The molecule has 0 aliphatic carbocycles. The van der Waals surface area contributed by atoms with Crippen molar-refractivity contribution in [2.75, 3.05) is 5.32 Å². The number of hydrogen-bond acceptors (Lipinski definition) is 4. The number of nitrogens with zero attached hydrogens (tertiary/aromatic N) is 3. The standard InChI is InChI=1S/C10H9N5Se/c1-2-7(10-8(3-1)14-16-15-10)13-6-9-11-4-5-12-9/h1-5,13H,6H2,(H,11,12). The number of nitrogens with one attached hydrogen (secondary N) is 2. The Labute approximate surface area is 98.2 Å². The Bertz CT molecular complexity index is 586. The van der Waals surface area contributed by atoms with Crippen LogP contribution in [0.5, 0.6) is 0 Å². The summed E-state index contributed by atoms with van der Waals surface area (Å²) in [5.41, 5.74) is 3.00. The van der Waals surface area contributed by atoms with Gasteiger partial charge in [0, 0.05) is 0 Å². The number of fused-ring (bicyclic) bond motifs is 1. The number of benzene rings is 1. The fourth-order valence-electron chi connectivity index (χ4n) is 1.52. The molecule has 3 aromatic rings. The number of aromatic amines is 1. The molecule has 6 heteroatoms. The number of imidazole rings is 1. The van der Waals surface area contributed by atoms with Crippen LogP contribution in [0.4, 0.5) is 5.69 Å². The van der Waals surface area contributed by atoms with E-state index in [2.05, 4.69) is 23.2 Å². The van der Waals surface area contributed by atoms with Gasteiger partial charge in [0.15, 0.2) is 0 Å². The minimum absolute atomic E-state index is 0.0186. The van der Waals surface area contributed by atoms with E-state index in [1.807, 2.05) is 24.4 Å². The maximum absolute atomic E-state index is 4.40. The molecule has 1 aromatic carbocycles. The van der Waals surface area contributed by atoms with Crippen LogP contribution in [0.1, 0.15) is 5.82 Å². The van der Waals surface area contributed by atoms with Crippen LogP contribution in [0.3, 0.4) is 0 Å². The average molecular weight is 278 g/mol. The zero-order valence-corrected chi connectivity index (χ0v) is 10.1. The molecule has 0 aliphatic rings. The number of anilines is 1. The zero-order valence-electron chi connectivity index (χ0n) is 8.34. The van der Waals surface area contributed by atoms with Crippen LogP contribution in [-0.4, -0.2) is 32.9 Å². The van der Waals surface area contributed by atoms with Crippen molar-refractivity contribution in [1.82, 2.24) is 17.9 Å². The average Bonchev–Trinajstić information content (AvgIpc) is 2.97. The first-order chi connectivity index (χ1) is 7.93. The first-order valence-corrected chi connectivity index (χ1v) is 6.40. The molecule has 0 spiro atoms. The third kappa shape index (κ3) is 1.73. The van der Waals surface area contributed by atoms with Gasteiger partial charge in [0.2, 0.25) is 0 Å². The van der Waals surface area contributed by atoms with Gasteiger partial charge in [-0.3, -0.25) is 0 Å². The van der Waals surface area contributed by atoms with Crippen LogP contribution in [-0.2, 0) is 6.54 Å². The number of aromatic nitrogens is 4. The van der Waals surface area contributed by atoms with Crippen molar-refractivity contribution >= 4 is 31.7 Å². The van der Waals surface area contributed by atoms with Gasteiger partial charge in [-0.1, -0.05) is 0 Å². The Balaban J connectivity index is 1.86. The van der Waals surface area contributed by atoms with Crippen molar-refractivity contribution in [3.05, 3.63) is 36.4 Å². The molecule has 0 saturated heterocycles. The molecule has 0 radical (unpaired) electrons. The summed E-state index contributed by atoms with van der Waals surface area (Å²) >= 11 is 0.0186. The van der Waals surface area contributed by atoms with E-state index in [9.17, 15) is 0 Å². The van der Waals surface area contributed by atoms with E-state index in [0.717, 1.165) is 22.5 Å². The van der Waals surface area contributed by atoms with Crippen molar-refractivity contribution < 1.29 is 0 Å². The summed E-state index contributed by atoms with van der Waals surface area (Å²) < 4.78 is 8.74. The molecular formula is C10H9N5Se. The summed E-state index contributed by atoms with van der Waals surface area (Å²) in [5, 5.41) is 3.31. The Kier molecular flexibility index (Phi) is 2.44. The normalized spacial score (nSPS) is 10.8. The molecule has 2 N–H and O–H groups in total. The van der Waals surface area contributed by atoms with E-state index < -0.39 is 0 Å². The van der Waals surface area contributed by atoms with Crippen LogP contribution in [0.15, 0.2) is 30.6 Å². The van der Waals surface area contributed by atoms with E-state index in [-0.39, 0.29) is 15.0 Å². The second-order valence-corrected chi connectivity index (χ2v) is 4.44. The fourth-order valence-corrected chi connectivity index (χ4v) is 2.68. The van der Waals surface area contributed by atoms with Crippen LogP contribution >= 0.6 is 0 Å². The van der Waals surface area contributed by atoms with Gasteiger partial charge < -0.3 is 0 Å². The molecule has 3 rings (SSSR count). The zero-order chi connectivity index (χ0) is 10.8. The summed E-state index contributed by atoms with van der Waals surface area (Å²) in [6.07, 6.45) is 3.56. The van der Waals surface area contributed by atoms with E-state index >= 15 is 0 Å². The number of hydrogen-bond donors (Lipinski definition) is 2. The minimum atomic E-state index is 0.0186. The van der Waals surface area contributed by atoms with Gasteiger partial charge in [-0.15, -0.1) is 0 Å². The monoisotopic (exact) mass is 279 g/mol. The SMILES string of the molecule is c1cc(NCc2ncc[nH]2)c2n[se]nc2c1. The molecule has 80 valence electrons. The summed E-state index contributed by atoms with van der Waals surface area (Å²) in [6, 6.07) is 6.00. The molecule has 16 heavy (non-hydrogen) atoms. The molecule has 2 aromatic heterocycles. The van der Waals surface area contributed by atoms with Crippen LogP contribution in [0, 0.1) is 0 Å². The summed E-state index contributed by atoms with van der Waals surface area (Å²) in [5.74, 6) is 0.915. The maximum atomic E-state index is 4.40. The molecule has 2 heterocycles. The van der Waals surface area contributed by atoms with Crippen LogP contribution in [0.2, 0.25) is 0 Å². The predicted molar refractivity (Wildman–Crippen MR) is 62.4 cm³/mol. The van der Waals surface area contributed by atoms with Crippen LogP contribution < -0.4 is 5.32 Å².